The Labute approximate surface area is 94.6 Å². The van der Waals surface area contributed by atoms with Gasteiger partial charge in [-0.25, -0.2) is 0 Å². The van der Waals surface area contributed by atoms with Crippen molar-refractivity contribution in [2.24, 2.45) is 0 Å². The van der Waals surface area contributed by atoms with Gasteiger partial charge in [-0.1, -0.05) is 46.3 Å². The van der Waals surface area contributed by atoms with E-state index in [0.29, 0.717) is 4.83 Å². The van der Waals surface area contributed by atoms with E-state index >= 15 is 0 Å². The number of benzene rings is 1. The van der Waals surface area contributed by atoms with Crippen LogP contribution in [0.2, 0.25) is 0 Å². The molecule has 1 rings (SSSR count). The topological polar surface area (TPSA) is 9.23 Å². The maximum atomic E-state index is 5.30. The molecular formula is C12H17BrO. The van der Waals surface area contributed by atoms with Crippen molar-refractivity contribution >= 4 is 15.9 Å². The third kappa shape index (κ3) is 4.25. The van der Waals surface area contributed by atoms with Crippen molar-refractivity contribution in [3.63, 3.8) is 0 Å². The van der Waals surface area contributed by atoms with E-state index in [1.165, 1.54) is 5.56 Å². The fourth-order valence-electron chi connectivity index (χ4n) is 1.34. The maximum absolute atomic E-state index is 5.30. The highest BCUT2D eigenvalue weighted by atomic mass is 79.9. The summed E-state index contributed by atoms with van der Waals surface area (Å²) in [5, 5.41) is 0. The predicted molar refractivity (Wildman–Crippen MR) is 63.8 cm³/mol. The SMILES string of the molecule is CCOCCCC(Br)c1ccccc1. The average Bonchev–Trinajstić information content (AvgIpc) is 2.25. The molecule has 0 bridgehead atoms. The second-order valence-corrected chi connectivity index (χ2v) is 4.32. The molecule has 0 heterocycles. The first kappa shape index (κ1) is 11.7. The highest BCUT2D eigenvalue weighted by molar-refractivity contribution is 9.09. The van der Waals surface area contributed by atoms with Crippen LogP contribution in [0, 0.1) is 0 Å². The second-order valence-electron chi connectivity index (χ2n) is 3.22. The Morgan fingerprint density at radius 2 is 2.00 bits per heavy atom. The summed E-state index contributed by atoms with van der Waals surface area (Å²) in [5.41, 5.74) is 1.35. The molecule has 1 aromatic rings. The molecule has 0 amide bonds. The van der Waals surface area contributed by atoms with Gasteiger partial charge in [-0.05, 0) is 25.3 Å². The van der Waals surface area contributed by atoms with Gasteiger partial charge in [0.05, 0.1) is 0 Å². The number of ether oxygens (including phenoxy) is 1. The number of hydrogen-bond donors (Lipinski definition) is 0. The zero-order chi connectivity index (χ0) is 10.2. The number of hydrogen-bond acceptors (Lipinski definition) is 1. The van der Waals surface area contributed by atoms with Crippen molar-refractivity contribution in [3.05, 3.63) is 35.9 Å². The molecule has 1 unspecified atom stereocenters. The lowest BCUT2D eigenvalue weighted by Gasteiger charge is -2.09. The molecule has 2 heteroatoms. The highest BCUT2D eigenvalue weighted by Gasteiger charge is 2.05. The van der Waals surface area contributed by atoms with Crippen LogP contribution in [0.1, 0.15) is 30.2 Å². The summed E-state index contributed by atoms with van der Waals surface area (Å²) in [4.78, 5) is 0.462. The Hall–Kier alpha value is -0.340. The van der Waals surface area contributed by atoms with Crippen molar-refractivity contribution in [1.82, 2.24) is 0 Å². The number of rotatable bonds is 6. The quantitative estimate of drug-likeness (QED) is 0.554. The van der Waals surface area contributed by atoms with Crippen molar-refractivity contribution in [1.29, 1.82) is 0 Å². The molecule has 0 aliphatic rings. The van der Waals surface area contributed by atoms with Gasteiger partial charge in [-0.2, -0.15) is 0 Å². The molecule has 0 saturated heterocycles. The van der Waals surface area contributed by atoms with E-state index in [2.05, 4.69) is 40.2 Å². The molecule has 1 nitrogen and oxygen atoms in total. The molecule has 78 valence electrons. The first-order valence-electron chi connectivity index (χ1n) is 5.11. The van der Waals surface area contributed by atoms with Gasteiger partial charge < -0.3 is 4.74 Å². The summed E-state index contributed by atoms with van der Waals surface area (Å²) in [6, 6.07) is 10.5. The molecule has 0 aliphatic carbocycles. The highest BCUT2D eigenvalue weighted by Crippen LogP contribution is 2.27. The smallest absolute Gasteiger partial charge is 0.0466 e. The van der Waals surface area contributed by atoms with E-state index in [-0.39, 0.29) is 0 Å². The van der Waals surface area contributed by atoms with Crippen LogP contribution in [0.5, 0.6) is 0 Å². The lowest BCUT2D eigenvalue weighted by molar-refractivity contribution is 0.143. The molecule has 0 N–H and O–H groups in total. The molecule has 0 radical (unpaired) electrons. The van der Waals surface area contributed by atoms with Crippen LogP contribution in [0.3, 0.4) is 0 Å². The Morgan fingerprint density at radius 3 is 2.64 bits per heavy atom. The second kappa shape index (κ2) is 7.02. The minimum Gasteiger partial charge on any atom is -0.382 e. The molecule has 0 fully saturated rings. The van der Waals surface area contributed by atoms with E-state index in [1.54, 1.807) is 0 Å². The van der Waals surface area contributed by atoms with Crippen molar-refractivity contribution in [2.75, 3.05) is 13.2 Å². The van der Waals surface area contributed by atoms with E-state index < -0.39 is 0 Å². The summed E-state index contributed by atoms with van der Waals surface area (Å²) >= 11 is 3.68. The van der Waals surface area contributed by atoms with Gasteiger partial charge in [-0.15, -0.1) is 0 Å². The van der Waals surface area contributed by atoms with E-state index in [4.69, 9.17) is 4.74 Å². The average molecular weight is 257 g/mol. The molecule has 0 saturated carbocycles. The summed E-state index contributed by atoms with van der Waals surface area (Å²) in [5.74, 6) is 0. The molecule has 1 aromatic carbocycles. The molecule has 0 aliphatic heterocycles. The third-order valence-electron chi connectivity index (χ3n) is 2.11. The van der Waals surface area contributed by atoms with Gasteiger partial charge >= 0.3 is 0 Å². The first-order chi connectivity index (χ1) is 6.84. The fraction of sp³-hybridized carbons (Fsp3) is 0.500. The molecule has 14 heavy (non-hydrogen) atoms. The maximum Gasteiger partial charge on any atom is 0.0466 e. The largest absolute Gasteiger partial charge is 0.382 e. The lowest BCUT2D eigenvalue weighted by atomic mass is 10.1. The fourth-order valence-corrected chi connectivity index (χ4v) is 1.97. The van der Waals surface area contributed by atoms with Gasteiger partial charge in [0.15, 0.2) is 0 Å². The number of halogens is 1. The Morgan fingerprint density at radius 1 is 1.29 bits per heavy atom. The molecular weight excluding hydrogens is 240 g/mol. The summed E-state index contributed by atoms with van der Waals surface area (Å²) < 4.78 is 5.30. The van der Waals surface area contributed by atoms with Gasteiger partial charge in [0.25, 0.3) is 0 Å². The zero-order valence-corrected chi connectivity index (χ0v) is 10.2. The summed E-state index contributed by atoms with van der Waals surface area (Å²) in [6.07, 6.45) is 2.24. The van der Waals surface area contributed by atoms with E-state index in [0.717, 1.165) is 26.1 Å². The van der Waals surface area contributed by atoms with Crippen LogP contribution in [0.25, 0.3) is 0 Å². The first-order valence-corrected chi connectivity index (χ1v) is 6.03. The van der Waals surface area contributed by atoms with Crippen molar-refractivity contribution < 1.29 is 4.74 Å². The zero-order valence-electron chi connectivity index (χ0n) is 8.58. The number of alkyl halides is 1. The van der Waals surface area contributed by atoms with Gasteiger partial charge in [-0.3, -0.25) is 0 Å². The minimum absolute atomic E-state index is 0.462. The monoisotopic (exact) mass is 256 g/mol. The summed E-state index contributed by atoms with van der Waals surface area (Å²) in [7, 11) is 0. The van der Waals surface area contributed by atoms with Crippen LogP contribution in [-0.4, -0.2) is 13.2 Å². The third-order valence-corrected chi connectivity index (χ3v) is 3.10. The van der Waals surface area contributed by atoms with Gasteiger partial charge in [0, 0.05) is 18.0 Å². The van der Waals surface area contributed by atoms with E-state index in [1.807, 2.05) is 13.0 Å². The Bertz CT molecular complexity index is 235. The van der Waals surface area contributed by atoms with Gasteiger partial charge in [0.2, 0.25) is 0 Å². The molecule has 0 aromatic heterocycles. The van der Waals surface area contributed by atoms with Crippen LogP contribution < -0.4 is 0 Å². The predicted octanol–water partition coefficient (Wildman–Crippen LogP) is 3.94. The summed E-state index contributed by atoms with van der Waals surface area (Å²) in [6.45, 7) is 3.71. The van der Waals surface area contributed by atoms with Crippen molar-refractivity contribution in [3.8, 4) is 0 Å². The molecule has 0 spiro atoms. The Balaban J connectivity index is 2.25. The molecule has 1 atom stereocenters. The van der Waals surface area contributed by atoms with Gasteiger partial charge in [0.1, 0.15) is 0 Å². The standard InChI is InChI=1S/C12H17BrO/c1-2-14-10-6-9-12(13)11-7-4-3-5-8-11/h3-5,7-8,12H,2,6,9-10H2,1H3. The normalized spacial score (nSPS) is 12.7. The lowest BCUT2D eigenvalue weighted by Crippen LogP contribution is -1.96. The van der Waals surface area contributed by atoms with Crippen LogP contribution in [-0.2, 0) is 4.74 Å². The minimum atomic E-state index is 0.462. The van der Waals surface area contributed by atoms with Crippen LogP contribution in [0.15, 0.2) is 30.3 Å². The Kier molecular flexibility index (Phi) is 5.88. The van der Waals surface area contributed by atoms with E-state index in [9.17, 15) is 0 Å². The van der Waals surface area contributed by atoms with Crippen LogP contribution >= 0.6 is 15.9 Å². The van der Waals surface area contributed by atoms with Crippen molar-refractivity contribution in [2.45, 2.75) is 24.6 Å². The van der Waals surface area contributed by atoms with Crippen LogP contribution in [0.4, 0.5) is 0 Å².